The highest BCUT2D eigenvalue weighted by Crippen LogP contribution is 2.49. The van der Waals surface area contributed by atoms with Gasteiger partial charge in [0.1, 0.15) is 6.61 Å². The van der Waals surface area contributed by atoms with Gasteiger partial charge in [0.25, 0.3) is 0 Å². The van der Waals surface area contributed by atoms with E-state index in [0.717, 1.165) is 5.56 Å². The van der Waals surface area contributed by atoms with E-state index in [0.29, 0.717) is 44.2 Å². The molecule has 1 heterocycles. The van der Waals surface area contributed by atoms with Gasteiger partial charge >= 0.3 is 0 Å². The summed E-state index contributed by atoms with van der Waals surface area (Å²) in [6, 6.07) is 10.1. The first-order chi connectivity index (χ1) is 17.2. The number of carbonyl (C=O) groups excluding carboxylic acids is 2. The molecule has 8 heteroatoms. The molecule has 2 amide bonds. The van der Waals surface area contributed by atoms with E-state index in [9.17, 15) is 19.8 Å². The van der Waals surface area contributed by atoms with Crippen molar-refractivity contribution >= 4 is 17.5 Å². The lowest BCUT2D eigenvalue weighted by atomic mass is 9.60. The lowest BCUT2D eigenvalue weighted by molar-refractivity contribution is -0.141. The predicted molar refractivity (Wildman–Crippen MR) is 135 cm³/mol. The molecule has 36 heavy (non-hydrogen) atoms. The molecule has 0 aromatic heterocycles. The fourth-order valence-electron chi connectivity index (χ4n) is 6.46. The van der Waals surface area contributed by atoms with Crippen LogP contribution >= 0.6 is 0 Å². The van der Waals surface area contributed by atoms with E-state index < -0.39 is 30.0 Å². The van der Waals surface area contributed by atoms with Crippen LogP contribution in [0.5, 0.6) is 0 Å². The van der Waals surface area contributed by atoms with Gasteiger partial charge < -0.3 is 19.8 Å². The Bertz CT molecular complexity index is 951. The quantitative estimate of drug-likeness (QED) is 0.399. The van der Waals surface area contributed by atoms with Crippen LogP contribution < -0.4 is 0 Å². The summed E-state index contributed by atoms with van der Waals surface area (Å²) < 4.78 is 6.23. The molecule has 1 aliphatic heterocycles. The third-order valence-corrected chi connectivity index (χ3v) is 8.21. The van der Waals surface area contributed by atoms with Crippen molar-refractivity contribution in [2.45, 2.75) is 71.9 Å². The number of fused-ring (bicyclic) bond motifs is 3. The Balaban J connectivity index is 1.42. The van der Waals surface area contributed by atoms with Crippen molar-refractivity contribution < 1.29 is 29.4 Å². The van der Waals surface area contributed by atoms with Crippen LogP contribution in [0, 0.1) is 35.5 Å². The second-order valence-electron chi connectivity index (χ2n) is 10.9. The Morgan fingerprint density at radius 2 is 1.75 bits per heavy atom. The zero-order valence-electron chi connectivity index (χ0n) is 21.7. The Kier molecular flexibility index (Phi) is 8.48. The van der Waals surface area contributed by atoms with E-state index in [1.807, 2.05) is 30.3 Å². The van der Waals surface area contributed by atoms with Crippen molar-refractivity contribution in [1.29, 1.82) is 0 Å². The summed E-state index contributed by atoms with van der Waals surface area (Å²) in [6.45, 7) is 9.31. The number of rotatable bonds is 9. The van der Waals surface area contributed by atoms with Crippen molar-refractivity contribution in [1.82, 2.24) is 4.90 Å². The summed E-state index contributed by atoms with van der Waals surface area (Å²) in [5.41, 5.74) is 1.79. The van der Waals surface area contributed by atoms with Gasteiger partial charge in [0.2, 0.25) is 11.8 Å². The van der Waals surface area contributed by atoms with Crippen LogP contribution in [-0.4, -0.2) is 64.1 Å². The molecule has 8 unspecified atom stereocenters. The molecule has 198 valence electrons. The molecule has 2 aliphatic carbocycles. The molecule has 1 aromatic rings. The molecule has 3 fully saturated rings. The highest BCUT2D eigenvalue weighted by atomic mass is 16.6. The van der Waals surface area contributed by atoms with Crippen molar-refractivity contribution in [3.05, 3.63) is 35.9 Å². The first-order valence-corrected chi connectivity index (χ1v) is 13.3. The Morgan fingerprint density at radius 3 is 2.42 bits per heavy atom. The van der Waals surface area contributed by atoms with Gasteiger partial charge in [-0.05, 0) is 31.2 Å². The summed E-state index contributed by atoms with van der Waals surface area (Å²) in [5, 5.41) is 25.9. The van der Waals surface area contributed by atoms with E-state index in [1.54, 1.807) is 6.92 Å². The average Bonchev–Trinajstić information content (AvgIpc) is 3.11. The van der Waals surface area contributed by atoms with Gasteiger partial charge in [-0.25, -0.2) is 0 Å². The lowest BCUT2D eigenvalue weighted by Crippen LogP contribution is -2.54. The van der Waals surface area contributed by atoms with Gasteiger partial charge in [-0.2, -0.15) is 0 Å². The molecule has 4 rings (SSSR count). The lowest BCUT2D eigenvalue weighted by Gasteiger charge is -2.45. The van der Waals surface area contributed by atoms with E-state index in [4.69, 9.17) is 9.57 Å². The van der Waals surface area contributed by atoms with Crippen LogP contribution in [0.1, 0.15) is 52.5 Å². The number of hydrogen-bond donors (Lipinski definition) is 2. The summed E-state index contributed by atoms with van der Waals surface area (Å²) >= 11 is 0. The number of imide groups is 1. The summed E-state index contributed by atoms with van der Waals surface area (Å²) in [4.78, 5) is 32.9. The molecule has 0 bridgehead atoms. The predicted octanol–water partition coefficient (Wildman–Crippen LogP) is 3.01. The fourth-order valence-corrected chi connectivity index (χ4v) is 6.46. The van der Waals surface area contributed by atoms with Gasteiger partial charge in [-0.3, -0.25) is 14.5 Å². The number of amides is 2. The summed E-state index contributed by atoms with van der Waals surface area (Å²) in [6.07, 6.45) is -0.709. The molecule has 0 radical (unpaired) electrons. The SMILES string of the molecule is CCN1C(=O)C2CCC3C(=NOCC(C)C(OCc4ccccc4)C(C)C)CC(O)C(O)C3C2C1=O. The van der Waals surface area contributed by atoms with E-state index in [2.05, 4.69) is 25.9 Å². The number of aliphatic hydroxyl groups is 2. The van der Waals surface area contributed by atoms with Crippen LogP contribution in [0.25, 0.3) is 0 Å². The van der Waals surface area contributed by atoms with E-state index in [-0.39, 0.29) is 36.2 Å². The number of hydrogen-bond acceptors (Lipinski definition) is 7. The molecule has 1 aromatic carbocycles. The van der Waals surface area contributed by atoms with Crippen molar-refractivity contribution in [2.24, 2.45) is 40.7 Å². The van der Waals surface area contributed by atoms with E-state index in [1.165, 1.54) is 4.90 Å². The van der Waals surface area contributed by atoms with Crippen LogP contribution in [0.2, 0.25) is 0 Å². The number of nitrogens with zero attached hydrogens (tertiary/aromatic N) is 2. The molecule has 8 atom stereocenters. The molecule has 8 nitrogen and oxygen atoms in total. The highest BCUT2D eigenvalue weighted by molar-refractivity contribution is 6.06. The number of oxime groups is 1. The average molecular weight is 501 g/mol. The minimum atomic E-state index is -1.06. The normalized spacial score (nSPS) is 33.0. The number of likely N-dealkylation sites (tertiary alicyclic amines) is 1. The second kappa shape index (κ2) is 11.4. The second-order valence-corrected chi connectivity index (χ2v) is 10.9. The van der Waals surface area contributed by atoms with Crippen LogP contribution in [0.3, 0.4) is 0 Å². The monoisotopic (exact) mass is 500 g/mol. The maximum absolute atomic E-state index is 13.0. The number of benzene rings is 1. The Morgan fingerprint density at radius 1 is 1.06 bits per heavy atom. The van der Waals surface area contributed by atoms with Crippen molar-refractivity contribution in [3.8, 4) is 0 Å². The van der Waals surface area contributed by atoms with Crippen molar-refractivity contribution in [3.63, 3.8) is 0 Å². The van der Waals surface area contributed by atoms with Crippen LogP contribution in [0.15, 0.2) is 35.5 Å². The zero-order valence-corrected chi connectivity index (χ0v) is 21.7. The zero-order chi connectivity index (χ0) is 26.0. The molecule has 2 N–H and O–H groups in total. The van der Waals surface area contributed by atoms with Gasteiger partial charge in [0.05, 0.1) is 42.5 Å². The third kappa shape index (κ3) is 5.22. The maximum atomic E-state index is 13.0. The first-order valence-electron chi connectivity index (χ1n) is 13.3. The maximum Gasteiger partial charge on any atom is 0.233 e. The first kappa shape index (κ1) is 26.8. The molecular formula is C28H40N2O6. The Labute approximate surface area is 213 Å². The fraction of sp³-hybridized carbons (Fsp3) is 0.679. The Hall–Kier alpha value is -2.29. The van der Waals surface area contributed by atoms with Gasteiger partial charge in [-0.15, -0.1) is 0 Å². The van der Waals surface area contributed by atoms with Crippen LogP contribution in [-0.2, 0) is 25.8 Å². The van der Waals surface area contributed by atoms with Gasteiger partial charge in [-0.1, -0.05) is 56.3 Å². The molecule has 2 saturated carbocycles. The van der Waals surface area contributed by atoms with Crippen LogP contribution in [0.4, 0.5) is 0 Å². The minimum absolute atomic E-state index is 0.0190. The van der Waals surface area contributed by atoms with Crippen molar-refractivity contribution in [2.75, 3.05) is 13.2 Å². The standard InChI is InChI=1S/C28H40N2O6/c1-5-30-27(33)20-12-11-19-21(13-22(31)25(32)23(19)24(20)28(30)34)29-36-14-17(4)26(16(2)3)35-15-18-9-7-6-8-10-18/h6-10,16-17,19-20,22-26,31-32H,5,11-15H2,1-4H3. The topological polar surface area (TPSA) is 109 Å². The minimum Gasteiger partial charge on any atom is -0.395 e. The summed E-state index contributed by atoms with van der Waals surface area (Å²) in [7, 11) is 0. The number of ether oxygens (including phenoxy) is 1. The largest absolute Gasteiger partial charge is 0.395 e. The summed E-state index contributed by atoms with van der Waals surface area (Å²) in [5.74, 6) is -1.77. The number of carbonyl (C=O) groups is 2. The smallest absolute Gasteiger partial charge is 0.233 e. The van der Waals surface area contributed by atoms with Gasteiger partial charge in [0, 0.05) is 30.7 Å². The number of aliphatic hydroxyl groups excluding tert-OH is 2. The third-order valence-electron chi connectivity index (χ3n) is 8.21. The van der Waals surface area contributed by atoms with Gasteiger partial charge in [0.15, 0.2) is 0 Å². The highest BCUT2D eigenvalue weighted by Gasteiger charge is 2.59. The molecule has 3 aliphatic rings. The molecule has 0 spiro atoms. The van der Waals surface area contributed by atoms with E-state index >= 15 is 0 Å². The molecule has 1 saturated heterocycles. The molecular weight excluding hydrogens is 460 g/mol.